The minimum Gasteiger partial charge on any atom is -0.495 e. The Hall–Kier alpha value is -3.38. The van der Waals surface area contributed by atoms with Gasteiger partial charge in [0.1, 0.15) is 17.3 Å². The summed E-state index contributed by atoms with van der Waals surface area (Å²) < 4.78 is 38.8. The van der Waals surface area contributed by atoms with Gasteiger partial charge in [-0.15, -0.1) is 0 Å². The average Bonchev–Trinajstić information content (AvgIpc) is 3.50. The number of hydrogen-bond donors (Lipinski definition) is 1. The summed E-state index contributed by atoms with van der Waals surface area (Å²) >= 11 is 0. The number of aryl methyl sites for hydroxylation is 1. The summed E-state index contributed by atoms with van der Waals surface area (Å²) in [6, 6.07) is 7.42. The van der Waals surface area contributed by atoms with Gasteiger partial charge in [0.2, 0.25) is 5.95 Å². The summed E-state index contributed by atoms with van der Waals surface area (Å²) in [5.41, 5.74) is 1.39. The monoisotopic (exact) mass is 481 g/mol. The van der Waals surface area contributed by atoms with Crippen LogP contribution >= 0.6 is 0 Å². The lowest BCUT2D eigenvalue weighted by molar-refractivity contribution is -0.0222. The van der Waals surface area contributed by atoms with E-state index in [4.69, 9.17) is 19.1 Å². The van der Waals surface area contributed by atoms with Gasteiger partial charge in [0.25, 0.3) is 5.92 Å². The highest BCUT2D eigenvalue weighted by Gasteiger charge is 2.35. The largest absolute Gasteiger partial charge is 0.495 e. The Labute approximate surface area is 203 Å². The molecule has 2 aliphatic heterocycles. The molecule has 0 radical (unpaired) electrons. The summed E-state index contributed by atoms with van der Waals surface area (Å²) in [7, 11) is 1.61. The number of piperidine rings is 1. The van der Waals surface area contributed by atoms with Gasteiger partial charge >= 0.3 is 0 Å². The molecule has 0 spiro atoms. The molecule has 2 aliphatic rings. The predicted molar refractivity (Wildman–Crippen MR) is 132 cm³/mol. The van der Waals surface area contributed by atoms with Crippen LogP contribution in [0.4, 0.5) is 26.4 Å². The van der Waals surface area contributed by atoms with E-state index in [9.17, 15) is 8.78 Å². The molecule has 2 aromatic heterocycles. The highest BCUT2D eigenvalue weighted by atomic mass is 19.3. The average molecular weight is 482 g/mol. The van der Waals surface area contributed by atoms with E-state index in [0.29, 0.717) is 35.5 Å². The molecule has 4 heterocycles. The molecule has 5 rings (SSSR count). The van der Waals surface area contributed by atoms with Crippen LogP contribution in [-0.2, 0) is 0 Å². The quantitative estimate of drug-likeness (QED) is 0.517. The topological polar surface area (TPSA) is 66.7 Å². The second-order valence-electron chi connectivity index (χ2n) is 9.11. The van der Waals surface area contributed by atoms with Gasteiger partial charge in [-0.05, 0) is 51.1 Å². The Kier molecular flexibility index (Phi) is 6.48. The highest BCUT2D eigenvalue weighted by Crippen LogP contribution is 2.34. The summed E-state index contributed by atoms with van der Waals surface area (Å²) in [4.78, 5) is 13.6. The third-order valence-corrected chi connectivity index (χ3v) is 6.49. The number of aromatic nitrogens is 2. The first kappa shape index (κ1) is 23.4. The van der Waals surface area contributed by atoms with E-state index in [1.54, 1.807) is 12.0 Å². The second-order valence-corrected chi connectivity index (χ2v) is 9.11. The Bertz CT molecular complexity index is 1260. The van der Waals surface area contributed by atoms with Crippen molar-refractivity contribution < 1.29 is 17.9 Å². The number of anilines is 3. The van der Waals surface area contributed by atoms with Crippen molar-refractivity contribution in [3.8, 4) is 17.6 Å². The number of nitrogens with zero attached hydrogens (tertiary/aromatic N) is 4. The molecule has 0 atom stereocenters. The van der Waals surface area contributed by atoms with E-state index in [-0.39, 0.29) is 25.9 Å². The fraction of sp³-hybridized carbons (Fsp3) is 0.462. The smallest absolute Gasteiger partial charge is 0.251 e. The summed E-state index contributed by atoms with van der Waals surface area (Å²) in [6.07, 6.45) is 2.00. The SMILES string of the molecule is COc1cc2c(Nc3ccc(C)o3)nc(N3CCC(F)(F)CC3)nc2cc1C#CCN1CCCC1. The van der Waals surface area contributed by atoms with E-state index in [1.807, 2.05) is 31.2 Å². The van der Waals surface area contributed by atoms with Crippen LogP contribution in [-0.4, -0.2) is 60.6 Å². The number of rotatable bonds is 5. The van der Waals surface area contributed by atoms with Gasteiger partial charge in [-0.25, -0.2) is 13.8 Å². The molecule has 1 N–H and O–H groups in total. The van der Waals surface area contributed by atoms with E-state index >= 15 is 0 Å². The maximum atomic E-state index is 13.8. The lowest BCUT2D eigenvalue weighted by atomic mass is 10.1. The molecule has 9 heteroatoms. The number of furan rings is 1. The maximum Gasteiger partial charge on any atom is 0.251 e. The van der Waals surface area contributed by atoms with Crippen LogP contribution in [0.25, 0.3) is 10.9 Å². The maximum absolute atomic E-state index is 13.8. The van der Waals surface area contributed by atoms with Crippen molar-refractivity contribution in [2.24, 2.45) is 0 Å². The predicted octanol–water partition coefficient (Wildman–Crippen LogP) is 4.97. The number of nitrogens with one attached hydrogen (secondary N) is 1. The van der Waals surface area contributed by atoms with Gasteiger partial charge in [0.05, 0.1) is 24.7 Å². The van der Waals surface area contributed by atoms with E-state index in [0.717, 1.165) is 29.8 Å². The standard InChI is InChI=1S/C26H29F2N5O2/c1-18-7-8-23(35-18)30-24-20-17-22(34-2)19(6-5-13-32-11-3-4-12-32)16-21(20)29-25(31-24)33-14-9-26(27,28)10-15-33/h7-8,16-17H,3-4,9-15H2,1-2H3,(H,29,30,31). The third kappa shape index (κ3) is 5.33. The summed E-state index contributed by atoms with van der Waals surface area (Å²) in [5, 5.41) is 3.95. The lowest BCUT2D eigenvalue weighted by Crippen LogP contribution is -2.40. The number of methoxy groups -OCH3 is 1. The van der Waals surface area contributed by atoms with Crippen LogP contribution in [0.15, 0.2) is 28.7 Å². The van der Waals surface area contributed by atoms with Gasteiger partial charge < -0.3 is 19.4 Å². The molecular weight excluding hydrogens is 452 g/mol. The van der Waals surface area contributed by atoms with Gasteiger partial charge in [0, 0.05) is 37.4 Å². The number of halogens is 2. The van der Waals surface area contributed by atoms with E-state index in [1.165, 1.54) is 12.8 Å². The summed E-state index contributed by atoms with van der Waals surface area (Å²) in [5.74, 6) is 6.69. The zero-order chi connectivity index (χ0) is 24.4. The Morgan fingerprint density at radius 1 is 1.11 bits per heavy atom. The molecule has 0 amide bonds. The van der Waals surface area contributed by atoms with Crippen molar-refractivity contribution in [3.05, 3.63) is 35.6 Å². The molecule has 2 saturated heterocycles. The van der Waals surface area contributed by atoms with Crippen LogP contribution in [0.5, 0.6) is 5.75 Å². The Morgan fingerprint density at radius 2 is 1.89 bits per heavy atom. The zero-order valence-electron chi connectivity index (χ0n) is 20.0. The molecule has 184 valence electrons. The molecule has 0 unspecified atom stereocenters. The van der Waals surface area contributed by atoms with Gasteiger partial charge in [-0.1, -0.05) is 11.8 Å². The van der Waals surface area contributed by atoms with Gasteiger partial charge in [-0.2, -0.15) is 4.98 Å². The van der Waals surface area contributed by atoms with Crippen molar-refractivity contribution in [3.63, 3.8) is 0 Å². The normalized spacial score (nSPS) is 17.9. The molecular formula is C26H29F2N5O2. The molecule has 7 nitrogen and oxygen atoms in total. The fourth-order valence-electron chi connectivity index (χ4n) is 4.49. The number of benzene rings is 1. The number of likely N-dealkylation sites (tertiary alicyclic amines) is 1. The van der Waals surface area contributed by atoms with Crippen molar-refractivity contribution in [1.29, 1.82) is 0 Å². The van der Waals surface area contributed by atoms with Gasteiger partial charge in [-0.3, -0.25) is 4.90 Å². The number of alkyl halides is 2. The molecule has 35 heavy (non-hydrogen) atoms. The Balaban J connectivity index is 1.53. The molecule has 1 aromatic carbocycles. The molecule has 2 fully saturated rings. The van der Waals surface area contributed by atoms with Crippen LogP contribution in [0.3, 0.4) is 0 Å². The minimum atomic E-state index is -2.65. The van der Waals surface area contributed by atoms with Crippen LogP contribution in [0.2, 0.25) is 0 Å². The van der Waals surface area contributed by atoms with Crippen molar-refractivity contribution in [2.75, 3.05) is 50.1 Å². The minimum absolute atomic E-state index is 0.191. The number of fused-ring (bicyclic) bond motifs is 1. The van der Waals surface area contributed by atoms with Crippen molar-refractivity contribution in [1.82, 2.24) is 14.9 Å². The van der Waals surface area contributed by atoms with E-state index in [2.05, 4.69) is 22.1 Å². The van der Waals surface area contributed by atoms with Crippen LogP contribution < -0.4 is 15.0 Å². The fourth-order valence-corrected chi connectivity index (χ4v) is 4.49. The van der Waals surface area contributed by atoms with Crippen molar-refractivity contribution in [2.45, 2.75) is 38.5 Å². The summed E-state index contributed by atoms with van der Waals surface area (Å²) in [6.45, 7) is 5.11. The first-order valence-corrected chi connectivity index (χ1v) is 12.0. The molecule has 3 aromatic rings. The lowest BCUT2D eigenvalue weighted by Gasteiger charge is -2.32. The zero-order valence-corrected chi connectivity index (χ0v) is 20.0. The first-order valence-electron chi connectivity index (χ1n) is 12.0. The van der Waals surface area contributed by atoms with Crippen molar-refractivity contribution >= 4 is 28.6 Å². The molecule has 0 bridgehead atoms. The van der Waals surface area contributed by atoms with Crippen LogP contribution in [0, 0.1) is 18.8 Å². The molecule has 0 aliphatic carbocycles. The number of hydrogen-bond acceptors (Lipinski definition) is 7. The number of ether oxygens (including phenoxy) is 1. The van der Waals surface area contributed by atoms with Gasteiger partial charge in [0.15, 0.2) is 5.88 Å². The van der Waals surface area contributed by atoms with Crippen LogP contribution in [0.1, 0.15) is 37.0 Å². The highest BCUT2D eigenvalue weighted by molar-refractivity contribution is 5.93. The first-order chi connectivity index (χ1) is 16.9. The Morgan fingerprint density at radius 3 is 2.57 bits per heavy atom. The third-order valence-electron chi connectivity index (χ3n) is 6.49. The second kappa shape index (κ2) is 9.70. The molecule has 0 saturated carbocycles. The van der Waals surface area contributed by atoms with E-state index < -0.39 is 5.92 Å².